The summed E-state index contributed by atoms with van der Waals surface area (Å²) in [5.74, 6) is 0.295. The van der Waals surface area contributed by atoms with E-state index in [1.165, 1.54) is 11.1 Å². The fraction of sp³-hybridized carbons (Fsp3) is 0.562. The molecule has 5 heteroatoms. The zero-order valence-electron chi connectivity index (χ0n) is 13.1. The van der Waals surface area contributed by atoms with E-state index in [-0.39, 0.29) is 24.5 Å². The Labute approximate surface area is 133 Å². The molecule has 118 valence electrons. The predicted octanol–water partition coefficient (Wildman–Crippen LogP) is 3.00. The molecule has 1 heterocycles. The largest absolute Gasteiger partial charge is 0.444 e. The number of benzene rings is 1. The van der Waals surface area contributed by atoms with E-state index >= 15 is 0 Å². The van der Waals surface area contributed by atoms with E-state index in [4.69, 9.17) is 4.74 Å². The molecule has 2 rings (SSSR count). The molecule has 2 atom stereocenters. The first-order chi connectivity index (χ1) is 9.35. The van der Waals surface area contributed by atoms with Crippen LogP contribution in [0, 0.1) is 6.92 Å². The number of hydrogen-bond acceptors (Lipinski definition) is 3. The second-order valence-corrected chi connectivity index (χ2v) is 6.43. The number of hydrogen-bond donors (Lipinski definition) is 2. The summed E-state index contributed by atoms with van der Waals surface area (Å²) in [6.07, 6.45) is -0.344. The summed E-state index contributed by atoms with van der Waals surface area (Å²) in [6.45, 7) is 9.35. The zero-order valence-corrected chi connectivity index (χ0v) is 13.9. The van der Waals surface area contributed by atoms with Gasteiger partial charge in [-0.25, -0.2) is 4.79 Å². The van der Waals surface area contributed by atoms with Gasteiger partial charge in [0.25, 0.3) is 0 Å². The molecule has 0 aliphatic carbocycles. The maximum atomic E-state index is 11.9. The van der Waals surface area contributed by atoms with Crippen LogP contribution in [0.3, 0.4) is 0 Å². The summed E-state index contributed by atoms with van der Waals surface area (Å²) in [6, 6.07) is 8.57. The maximum Gasteiger partial charge on any atom is 0.407 e. The number of carbonyl (C=O) groups excluding carboxylic acids is 1. The Morgan fingerprint density at radius 1 is 1.24 bits per heavy atom. The zero-order chi connectivity index (χ0) is 14.8. The number of aryl methyl sites for hydroxylation is 1. The van der Waals surface area contributed by atoms with E-state index in [0.717, 1.165) is 13.1 Å². The fourth-order valence-corrected chi connectivity index (χ4v) is 2.45. The van der Waals surface area contributed by atoms with Crippen LogP contribution in [0.4, 0.5) is 4.79 Å². The highest BCUT2D eigenvalue weighted by atomic mass is 35.5. The fourth-order valence-electron chi connectivity index (χ4n) is 2.45. The number of halogens is 1. The number of alkyl carbamates (subject to hydrolysis) is 1. The van der Waals surface area contributed by atoms with Crippen LogP contribution < -0.4 is 10.6 Å². The van der Waals surface area contributed by atoms with Gasteiger partial charge in [0.05, 0.1) is 6.04 Å². The summed E-state index contributed by atoms with van der Waals surface area (Å²) in [7, 11) is 0. The van der Waals surface area contributed by atoms with Crippen molar-refractivity contribution in [1.29, 1.82) is 0 Å². The number of amides is 1. The Hall–Kier alpha value is -1.26. The van der Waals surface area contributed by atoms with Gasteiger partial charge in [0.1, 0.15) is 5.60 Å². The monoisotopic (exact) mass is 312 g/mol. The lowest BCUT2D eigenvalue weighted by Crippen LogP contribution is -2.42. The van der Waals surface area contributed by atoms with Crippen LogP contribution in [-0.4, -0.2) is 30.8 Å². The second-order valence-electron chi connectivity index (χ2n) is 6.43. The Balaban J connectivity index is 0.00000220. The highest BCUT2D eigenvalue weighted by Crippen LogP contribution is 2.23. The van der Waals surface area contributed by atoms with Crippen LogP contribution in [0.1, 0.15) is 37.8 Å². The lowest BCUT2D eigenvalue weighted by atomic mass is 9.94. The minimum absolute atomic E-state index is 0. The quantitative estimate of drug-likeness (QED) is 0.882. The Bertz CT molecular complexity index is 468. The van der Waals surface area contributed by atoms with Crippen molar-refractivity contribution < 1.29 is 9.53 Å². The number of carbonyl (C=O) groups is 1. The van der Waals surface area contributed by atoms with Gasteiger partial charge in [-0.1, -0.05) is 29.8 Å². The van der Waals surface area contributed by atoms with Gasteiger partial charge in [-0.05, 0) is 33.3 Å². The minimum atomic E-state index is -0.463. The van der Waals surface area contributed by atoms with Crippen LogP contribution in [0.15, 0.2) is 24.3 Å². The molecule has 0 bridgehead atoms. The summed E-state index contributed by atoms with van der Waals surface area (Å²) < 4.78 is 5.33. The lowest BCUT2D eigenvalue weighted by molar-refractivity contribution is 0.0504. The van der Waals surface area contributed by atoms with Crippen LogP contribution in [0.5, 0.6) is 0 Å². The number of nitrogens with one attached hydrogen (secondary N) is 2. The average molecular weight is 313 g/mol. The Morgan fingerprint density at radius 2 is 1.86 bits per heavy atom. The Kier molecular flexibility index (Phi) is 6.05. The van der Waals surface area contributed by atoms with Crippen LogP contribution in [0.2, 0.25) is 0 Å². The topological polar surface area (TPSA) is 50.4 Å². The van der Waals surface area contributed by atoms with Crippen molar-refractivity contribution in [2.75, 3.05) is 13.1 Å². The molecule has 0 spiro atoms. The predicted molar refractivity (Wildman–Crippen MR) is 87.2 cm³/mol. The molecule has 1 amide bonds. The molecule has 1 aliphatic heterocycles. The molecule has 1 saturated heterocycles. The summed E-state index contributed by atoms with van der Waals surface area (Å²) in [5, 5.41) is 6.31. The highest BCUT2D eigenvalue weighted by molar-refractivity contribution is 5.85. The van der Waals surface area contributed by atoms with Crippen molar-refractivity contribution in [3.05, 3.63) is 35.4 Å². The van der Waals surface area contributed by atoms with Crippen molar-refractivity contribution >= 4 is 18.5 Å². The molecule has 1 aliphatic rings. The van der Waals surface area contributed by atoms with Crippen molar-refractivity contribution in [3.63, 3.8) is 0 Å². The molecular weight excluding hydrogens is 288 g/mol. The lowest BCUT2D eigenvalue weighted by Gasteiger charge is -2.24. The molecule has 21 heavy (non-hydrogen) atoms. The highest BCUT2D eigenvalue weighted by Gasteiger charge is 2.30. The second kappa shape index (κ2) is 7.14. The molecule has 0 saturated carbocycles. The third kappa shape index (κ3) is 5.21. The number of ether oxygens (including phenoxy) is 1. The van der Waals surface area contributed by atoms with E-state index in [0.29, 0.717) is 5.92 Å². The maximum absolute atomic E-state index is 11.9. The molecule has 1 fully saturated rings. The summed E-state index contributed by atoms with van der Waals surface area (Å²) in [5.41, 5.74) is 2.04. The summed E-state index contributed by atoms with van der Waals surface area (Å²) >= 11 is 0. The third-order valence-electron chi connectivity index (χ3n) is 3.42. The third-order valence-corrected chi connectivity index (χ3v) is 3.42. The van der Waals surface area contributed by atoms with Gasteiger partial charge in [0.2, 0.25) is 0 Å². The van der Waals surface area contributed by atoms with E-state index in [1.54, 1.807) is 0 Å². The van der Waals surface area contributed by atoms with E-state index in [9.17, 15) is 4.79 Å². The van der Waals surface area contributed by atoms with Crippen LogP contribution in [-0.2, 0) is 4.74 Å². The number of rotatable bonds is 2. The van der Waals surface area contributed by atoms with E-state index in [2.05, 4.69) is 41.8 Å². The van der Waals surface area contributed by atoms with Crippen molar-refractivity contribution in [2.24, 2.45) is 0 Å². The van der Waals surface area contributed by atoms with Crippen molar-refractivity contribution in [3.8, 4) is 0 Å². The first-order valence-electron chi connectivity index (χ1n) is 7.12. The van der Waals surface area contributed by atoms with Gasteiger partial charge in [-0.2, -0.15) is 0 Å². The van der Waals surface area contributed by atoms with Gasteiger partial charge < -0.3 is 15.4 Å². The Morgan fingerprint density at radius 3 is 2.43 bits per heavy atom. The van der Waals surface area contributed by atoms with Crippen molar-refractivity contribution in [2.45, 2.75) is 45.3 Å². The van der Waals surface area contributed by atoms with E-state index in [1.807, 2.05) is 20.8 Å². The molecule has 2 N–H and O–H groups in total. The normalized spacial score (nSPS) is 21.5. The van der Waals surface area contributed by atoms with E-state index < -0.39 is 5.60 Å². The molecule has 4 nitrogen and oxygen atoms in total. The van der Waals surface area contributed by atoms with Gasteiger partial charge >= 0.3 is 6.09 Å². The molecule has 0 aromatic heterocycles. The first-order valence-corrected chi connectivity index (χ1v) is 7.12. The first kappa shape index (κ1) is 17.8. The smallest absolute Gasteiger partial charge is 0.407 e. The molecule has 0 radical (unpaired) electrons. The molecule has 2 unspecified atom stereocenters. The minimum Gasteiger partial charge on any atom is -0.444 e. The van der Waals surface area contributed by atoms with Gasteiger partial charge in [0, 0.05) is 19.0 Å². The van der Waals surface area contributed by atoms with Gasteiger partial charge in [-0.3, -0.25) is 0 Å². The van der Waals surface area contributed by atoms with Gasteiger partial charge in [0.15, 0.2) is 0 Å². The molecule has 1 aromatic carbocycles. The van der Waals surface area contributed by atoms with Crippen LogP contribution in [0.25, 0.3) is 0 Å². The molecular formula is C16H25ClN2O2. The van der Waals surface area contributed by atoms with Gasteiger partial charge in [-0.15, -0.1) is 12.4 Å². The van der Waals surface area contributed by atoms with Crippen LogP contribution >= 0.6 is 12.4 Å². The standard InChI is InChI=1S/C16H24N2O2.ClH/c1-11-5-7-12(8-6-11)13-9-17-10-14(13)18-15(19)20-16(2,3)4;/h5-8,13-14,17H,9-10H2,1-4H3,(H,18,19);1H. The average Bonchev–Trinajstić information content (AvgIpc) is 2.75. The molecule has 1 aromatic rings. The SMILES string of the molecule is Cc1ccc(C2CNCC2NC(=O)OC(C)(C)C)cc1.Cl. The summed E-state index contributed by atoms with van der Waals surface area (Å²) in [4.78, 5) is 11.9. The van der Waals surface area contributed by atoms with Crippen molar-refractivity contribution in [1.82, 2.24) is 10.6 Å².